The third-order valence-corrected chi connectivity index (χ3v) is 2.47. The van der Waals surface area contributed by atoms with Crippen LogP contribution in [0.4, 0.5) is 0 Å². The van der Waals surface area contributed by atoms with E-state index in [0.717, 1.165) is 17.7 Å². The van der Waals surface area contributed by atoms with Crippen molar-refractivity contribution in [2.24, 2.45) is 0 Å². The fourth-order valence-electron chi connectivity index (χ4n) is 1.53. The molecular weight excluding hydrogens is 216 g/mol. The number of rotatable bonds is 6. The van der Waals surface area contributed by atoms with Gasteiger partial charge in [-0.1, -0.05) is 24.3 Å². The number of nitriles is 1. The lowest BCUT2D eigenvalue weighted by Gasteiger charge is -2.15. The van der Waals surface area contributed by atoms with Crippen molar-refractivity contribution >= 4 is 5.97 Å². The molecule has 0 aliphatic rings. The molecule has 1 N–H and O–H groups in total. The van der Waals surface area contributed by atoms with Crippen LogP contribution >= 0.6 is 0 Å². The minimum Gasteiger partial charge on any atom is -0.481 e. The lowest BCUT2D eigenvalue weighted by Crippen LogP contribution is -2.21. The molecule has 1 rings (SSSR count). The smallest absolute Gasteiger partial charge is 0.304 e. The monoisotopic (exact) mass is 232 g/mol. The Balaban J connectivity index is 2.46. The van der Waals surface area contributed by atoms with E-state index in [0.29, 0.717) is 13.0 Å². The Labute approximate surface area is 101 Å². The lowest BCUT2D eigenvalue weighted by molar-refractivity contribution is -0.137. The highest BCUT2D eigenvalue weighted by Gasteiger charge is 2.03. The maximum Gasteiger partial charge on any atom is 0.304 e. The molecule has 0 aliphatic heterocycles. The van der Waals surface area contributed by atoms with Gasteiger partial charge in [-0.3, -0.25) is 4.79 Å². The van der Waals surface area contributed by atoms with E-state index in [4.69, 9.17) is 10.4 Å². The van der Waals surface area contributed by atoms with Gasteiger partial charge in [-0.15, -0.1) is 0 Å². The van der Waals surface area contributed by atoms with Crippen molar-refractivity contribution < 1.29 is 9.90 Å². The summed E-state index contributed by atoms with van der Waals surface area (Å²) in [4.78, 5) is 12.4. The van der Waals surface area contributed by atoms with Crippen molar-refractivity contribution in [2.45, 2.75) is 19.4 Å². The maximum absolute atomic E-state index is 10.4. The lowest BCUT2D eigenvalue weighted by atomic mass is 10.1. The van der Waals surface area contributed by atoms with E-state index in [1.165, 1.54) is 0 Å². The number of carbonyl (C=O) groups is 1. The highest BCUT2D eigenvalue weighted by molar-refractivity contribution is 5.66. The third kappa shape index (κ3) is 5.14. The topological polar surface area (TPSA) is 64.3 Å². The molecule has 0 heterocycles. The largest absolute Gasteiger partial charge is 0.481 e. The number of nitrogens with zero attached hydrogens (tertiary/aromatic N) is 2. The fraction of sp³-hybridized carbons (Fsp3) is 0.385. The first kappa shape index (κ1) is 13.2. The van der Waals surface area contributed by atoms with Crippen LogP contribution in [-0.4, -0.2) is 29.6 Å². The minimum atomic E-state index is -0.777. The highest BCUT2D eigenvalue weighted by Crippen LogP contribution is 2.07. The molecule has 0 radical (unpaired) electrons. The number of carboxylic acid groups (broad SMARTS) is 1. The SMILES string of the molecule is CN(CCC(=O)O)Cc1ccc(CC#N)cc1. The molecule has 0 fully saturated rings. The van der Waals surface area contributed by atoms with Crippen molar-refractivity contribution in [2.75, 3.05) is 13.6 Å². The van der Waals surface area contributed by atoms with Crippen molar-refractivity contribution in [3.05, 3.63) is 35.4 Å². The number of hydrogen-bond acceptors (Lipinski definition) is 3. The second-order valence-corrected chi connectivity index (χ2v) is 4.03. The first-order valence-electron chi connectivity index (χ1n) is 5.47. The molecule has 1 aromatic carbocycles. The van der Waals surface area contributed by atoms with E-state index < -0.39 is 5.97 Å². The van der Waals surface area contributed by atoms with Gasteiger partial charge >= 0.3 is 5.97 Å². The Bertz CT molecular complexity index is 406. The highest BCUT2D eigenvalue weighted by atomic mass is 16.4. The van der Waals surface area contributed by atoms with Crippen LogP contribution < -0.4 is 0 Å². The van der Waals surface area contributed by atoms with Gasteiger partial charge in [-0.05, 0) is 18.2 Å². The van der Waals surface area contributed by atoms with Gasteiger partial charge in [0, 0.05) is 13.1 Å². The molecule has 0 atom stereocenters. The quantitative estimate of drug-likeness (QED) is 0.810. The van der Waals surface area contributed by atoms with Gasteiger partial charge in [-0.25, -0.2) is 0 Å². The molecule has 17 heavy (non-hydrogen) atoms. The molecule has 0 aliphatic carbocycles. The van der Waals surface area contributed by atoms with Crippen LogP contribution in [0.5, 0.6) is 0 Å². The van der Waals surface area contributed by atoms with Crippen LogP contribution in [0.1, 0.15) is 17.5 Å². The Morgan fingerprint density at radius 2 is 1.94 bits per heavy atom. The summed E-state index contributed by atoms with van der Waals surface area (Å²) in [7, 11) is 1.89. The molecule has 4 heteroatoms. The number of aliphatic carboxylic acids is 1. The van der Waals surface area contributed by atoms with Crippen molar-refractivity contribution in [1.82, 2.24) is 4.90 Å². The number of carboxylic acids is 1. The van der Waals surface area contributed by atoms with E-state index in [9.17, 15) is 4.79 Å². The van der Waals surface area contributed by atoms with Crippen LogP contribution in [0.25, 0.3) is 0 Å². The second kappa shape index (κ2) is 6.66. The Hall–Kier alpha value is -1.86. The second-order valence-electron chi connectivity index (χ2n) is 4.03. The van der Waals surface area contributed by atoms with Gasteiger partial charge in [0.1, 0.15) is 0 Å². The van der Waals surface area contributed by atoms with Crippen molar-refractivity contribution in [1.29, 1.82) is 5.26 Å². The maximum atomic E-state index is 10.4. The average Bonchev–Trinajstić information content (AvgIpc) is 2.29. The van der Waals surface area contributed by atoms with Crippen molar-refractivity contribution in [3.8, 4) is 6.07 Å². The molecule has 0 amide bonds. The van der Waals surface area contributed by atoms with E-state index in [2.05, 4.69) is 6.07 Å². The van der Waals surface area contributed by atoms with Crippen molar-refractivity contribution in [3.63, 3.8) is 0 Å². The number of hydrogen-bond donors (Lipinski definition) is 1. The predicted octanol–water partition coefficient (Wildman–Crippen LogP) is 1.66. The van der Waals surface area contributed by atoms with Gasteiger partial charge in [0.2, 0.25) is 0 Å². The van der Waals surface area contributed by atoms with Gasteiger partial charge in [0.15, 0.2) is 0 Å². The summed E-state index contributed by atoms with van der Waals surface area (Å²) >= 11 is 0. The molecule has 0 spiro atoms. The summed E-state index contributed by atoms with van der Waals surface area (Å²) in [6.07, 6.45) is 0.581. The molecule has 0 saturated carbocycles. The predicted molar refractivity (Wildman–Crippen MR) is 64.3 cm³/mol. The van der Waals surface area contributed by atoms with Gasteiger partial charge in [0.25, 0.3) is 0 Å². The Morgan fingerprint density at radius 1 is 1.35 bits per heavy atom. The Kier molecular flexibility index (Phi) is 5.18. The molecule has 1 aromatic rings. The van der Waals surface area contributed by atoms with Gasteiger partial charge in [-0.2, -0.15) is 5.26 Å². The summed E-state index contributed by atoms with van der Waals surface area (Å²) in [6.45, 7) is 1.26. The standard InChI is InChI=1S/C13H16N2O2/c1-15(9-7-13(16)17)10-12-4-2-11(3-5-12)6-8-14/h2-5H,6-7,9-10H2,1H3,(H,16,17). The molecule has 0 aromatic heterocycles. The zero-order chi connectivity index (χ0) is 12.7. The molecule has 0 unspecified atom stereocenters. The molecule has 90 valence electrons. The van der Waals surface area contributed by atoms with E-state index in [1.807, 2.05) is 36.2 Å². The zero-order valence-electron chi connectivity index (χ0n) is 9.89. The summed E-state index contributed by atoms with van der Waals surface area (Å²) in [5.74, 6) is -0.777. The minimum absolute atomic E-state index is 0.156. The van der Waals surface area contributed by atoms with Crippen LogP contribution in [0.15, 0.2) is 24.3 Å². The van der Waals surface area contributed by atoms with Gasteiger partial charge < -0.3 is 10.0 Å². The summed E-state index contributed by atoms with van der Waals surface area (Å²) in [6, 6.07) is 9.92. The molecular formula is C13H16N2O2. The summed E-state index contributed by atoms with van der Waals surface area (Å²) in [5.41, 5.74) is 2.13. The normalized spacial score (nSPS) is 10.2. The van der Waals surface area contributed by atoms with E-state index in [-0.39, 0.29) is 6.42 Å². The first-order valence-corrected chi connectivity index (χ1v) is 5.47. The summed E-state index contributed by atoms with van der Waals surface area (Å²) < 4.78 is 0. The summed E-state index contributed by atoms with van der Waals surface area (Å²) in [5, 5.41) is 17.1. The fourth-order valence-corrected chi connectivity index (χ4v) is 1.53. The van der Waals surface area contributed by atoms with Crippen LogP contribution in [0.3, 0.4) is 0 Å². The molecule has 0 bridgehead atoms. The third-order valence-electron chi connectivity index (χ3n) is 2.47. The van der Waals surface area contributed by atoms with Gasteiger partial charge in [0.05, 0.1) is 18.9 Å². The van der Waals surface area contributed by atoms with E-state index in [1.54, 1.807) is 0 Å². The zero-order valence-corrected chi connectivity index (χ0v) is 9.89. The van der Waals surface area contributed by atoms with Crippen LogP contribution in [-0.2, 0) is 17.8 Å². The molecule has 0 saturated heterocycles. The van der Waals surface area contributed by atoms with Crippen LogP contribution in [0.2, 0.25) is 0 Å². The first-order chi connectivity index (χ1) is 8.11. The number of benzene rings is 1. The average molecular weight is 232 g/mol. The van der Waals surface area contributed by atoms with Crippen LogP contribution in [0, 0.1) is 11.3 Å². The Morgan fingerprint density at radius 3 is 2.47 bits per heavy atom. The van der Waals surface area contributed by atoms with E-state index >= 15 is 0 Å². The molecule has 4 nitrogen and oxygen atoms in total.